The molecule has 0 saturated carbocycles. The van der Waals surface area contributed by atoms with Gasteiger partial charge in [-0.05, 0) is 50.9 Å². The van der Waals surface area contributed by atoms with Crippen LogP contribution in [-0.2, 0) is 0 Å². The van der Waals surface area contributed by atoms with E-state index in [0.717, 1.165) is 25.3 Å². The highest BCUT2D eigenvalue weighted by Crippen LogP contribution is 2.32. The molecule has 0 radical (unpaired) electrons. The van der Waals surface area contributed by atoms with Crippen LogP contribution in [0.15, 0.2) is 24.3 Å². The zero-order valence-electron chi connectivity index (χ0n) is 12.3. The van der Waals surface area contributed by atoms with E-state index >= 15 is 0 Å². The van der Waals surface area contributed by atoms with E-state index < -0.39 is 0 Å². The summed E-state index contributed by atoms with van der Waals surface area (Å²) in [4.78, 5) is 2.50. The molecule has 2 atom stereocenters. The second-order valence-electron chi connectivity index (χ2n) is 5.67. The lowest BCUT2D eigenvalue weighted by Gasteiger charge is -2.27. The number of likely N-dealkylation sites (tertiary alicyclic amines) is 1. The minimum atomic E-state index is 0.208. The highest BCUT2D eigenvalue weighted by atomic mass is 16.5. The molecular weight excluding hydrogens is 236 g/mol. The van der Waals surface area contributed by atoms with Gasteiger partial charge in [0.15, 0.2) is 0 Å². The van der Waals surface area contributed by atoms with E-state index in [4.69, 9.17) is 10.5 Å². The Labute approximate surface area is 116 Å². The Balaban J connectivity index is 2.19. The first kappa shape index (κ1) is 14.4. The van der Waals surface area contributed by atoms with Gasteiger partial charge in [-0.1, -0.05) is 19.1 Å². The lowest BCUT2D eigenvalue weighted by atomic mass is 10.0. The van der Waals surface area contributed by atoms with Crippen LogP contribution < -0.4 is 10.5 Å². The van der Waals surface area contributed by atoms with Crippen molar-refractivity contribution in [3.05, 3.63) is 29.8 Å². The van der Waals surface area contributed by atoms with E-state index in [1.807, 2.05) is 6.07 Å². The first-order valence-corrected chi connectivity index (χ1v) is 7.38. The molecule has 0 aliphatic carbocycles. The van der Waals surface area contributed by atoms with E-state index in [1.54, 1.807) is 0 Å². The number of nitrogens with two attached hydrogens (primary N) is 1. The summed E-state index contributed by atoms with van der Waals surface area (Å²) in [5.41, 5.74) is 7.59. The second kappa shape index (κ2) is 6.40. The van der Waals surface area contributed by atoms with E-state index in [-0.39, 0.29) is 12.1 Å². The van der Waals surface area contributed by atoms with Crippen molar-refractivity contribution in [2.45, 2.75) is 51.8 Å². The highest BCUT2D eigenvalue weighted by Gasteiger charge is 2.32. The summed E-state index contributed by atoms with van der Waals surface area (Å²) in [6.45, 7) is 8.55. The molecule has 1 aliphatic heterocycles. The summed E-state index contributed by atoms with van der Waals surface area (Å²) in [5, 5.41) is 0. The molecule has 0 aromatic heterocycles. The zero-order valence-corrected chi connectivity index (χ0v) is 12.3. The molecule has 1 aliphatic rings. The maximum absolute atomic E-state index is 6.30. The Kier molecular flexibility index (Phi) is 4.83. The van der Waals surface area contributed by atoms with Gasteiger partial charge >= 0.3 is 0 Å². The van der Waals surface area contributed by atoms with Crippen molar-refractivity contribution in [1.82, 2.24) is 4.90 Å². The van der Waals surface area contributed by atoms with Gasteiger partial charge in [-0.2, -0.15) is 0 Å². The average Bonchev–Trinajstić information content (AvgIpc) is 2.70. The van der Waals surface area contributed by atoms with Gasteiger partial charge in [-0.3, -0.25) is 4.90 Å². The van der Waals surface area contributed by atoms with Crippen LogP contribution >= 0.6 is 0 Å². The van der Waals surface area contributed by atoms with Crippen LogP contribution in [0.1, 0.15) is 45.2 Å². The Bertz CT molecular complexity index is 403. The number of hydrogen-bond donors (Lipinski definition) is 1. The Morgan fingerprint density at radius 2 is 2.21 bits per heavy atom. The highest BCUT2D eigenvalue weighted by molar-refractivity contribution is 5.32. The van der Waals surface area contributed by atoms with Crippen molar-refractivity contribution >= 4 is 0 Å². The smallest absolute Gasteiger partial charge is 0.120 e. The fourth-order valence-electron chi connectivity index (χ4n) is 2.92. The molecule has 0 bridgehead atoms. The lowest BCUT2D eigenvalue weighted by molar-refractivity contribution is 0.236. The summed E-state index contributed by atoms with van der Waals surface area (Å²) < 4.78 is 5.79. The standard InChI is InChI=1S/C16H26N2O/c1-4-9-18-10-8-15(17)16(18)13-6-5-7-14(11-13)19-12(2)3/h5-7,11-12,15-16H,4,8-10,17H2,1-3H3. The maximum Gasteiger partial charge on any atom is 0.120 e. The van der Waals surface area contributed by atoms with Crippen molar-refractivity contribution in [2.24, 2.45) is 5.73 Å². The summed E-state index contributed by atoms with van der Waals surface area (Å²) in [6, 6.07) is 9.00. The largest absolute Gasteiger partial charge is 0.491 e. The molecule has 106 valence electrons. The molecule has 1 saturated heterocycles. The zero-order chi connectivity index (χ0) is 13.8. The molecule has 0 spiro atoms. The van der Waals surface area contributed by atoms with Crippen molar-refractivity contribution < 1.29 is 4.74 Å². The molecule has 3 nitrogen and oxygen atoms in total. The van der Waals surface area contributed by atoms with Gasteiger partial charge in [-0.25, -0.2) is 0 Å². The Hall–Kier alpha value is -1.06. The molecule has 0 amide bonds. The normalized spacial score (nSPS) is 24.1. The van der Waals surface area contributed by atoms with Gasteiger partial charge in [0.2, 0.25) is 0 Å². The fraction of sp³-hybridized carbons (Fsp3) is 0.625. The number of nitrogens with zero attached hydrogens (tertiary/aromatic N) is 1. The van der Waals surface area contributed by atoms with Crippen LogP contribution in [0, 0.1) is 0 Å². The van der Waals surface area contributed by atoms with Crippen LogP contribution in [0.4, 0.5) is 0 Å². The van der Waals surface area contributed by atoms with Crippen molar-refractivity contribution in [2.75, 3.05) is 13.1 Å². The third-order valence-corrected chi connectivity index (χ3v) is 3.63. The molecule has 2 N–H and O–H groups in total. The molecule has 1 heterocycles. The molecule has 3 heteroatoms. The van der Waals surface area contributed by atoms with Crippen LogP contribution in [0.25, 0.3) is 0 Å². The third kappa shape index (κ3) is 3.48. The maximum atomic E-state index is 6.30. The predicted molar refractivity (Wildman–Crippen MR) is 79.4 cm³/mol. The second-order valence-corrected chi connectivity index (χ2v) is 5.67. The topological polar surface area (TPSA) is 38.5 Å². The summed E-state index contributed by atoms with van der Waals surface area (Å²) in [5.74, 6) is 0.947. The van der Waals surface area contributed by atoms with E-state index in [1.165, 1.54) is 12.0 Å². The summed E-state index contributed by atoms with van der Waals surface area (Å²) in [7, 11) is 0. The molecular formula is C16H26N2O. The van der Waals surface area contributed by atoms with Gasteiger partial charge in [0.1, 0.15) is 5.75 Å². The first-order valence-electron chi connectivity index (χ1n) is 7.38. The Morgan fingerprint density at radius 1 is 1.42 bits per heavy atom. The van der Waals surface area contributed by atoms with Gasteiger partial charge in [0, 0.05) is 12.6 Å². The fourth-order valence-corrected chi connectivity index (χ4v) is 2.92. The minimum absolute atomic E-state index is 0.208. The monoisotopic (exact) mass is 262 g/mol. The lowest BCUT2D eigenvalue weighted by Crippen LogP contribution is -2.32. The van der Waals surface area contributed by atoms with E-state index in [2.05, 4.69) is 43.9 Å². The van der Waals surface area contributed by atoms with E-state index in [9.17, 15) is 0 Å². The van der Waals surface area contributed by atoms with Crippen LogP contribution in [-0.4, -0.2) is 30.1 Å². The molecule has 1 aromatic carbocycles. The third-order valence-electron chi connectivity index (χ3n) is 3.63. The average molecular weight is 262 g/mol. The van der Waals surface area contributed by atoms with Gasteiger partial charge in [0.05, 0.1) is 12.1 Å². The van der Waals surface area contributed by atoms with Gasteiger partial charge in [-0.15, -0.1) is 0 Å². The SMILES string of the molecule is CCCN1CCC(N)C1c1cccc(OC(C)C)c1. The predicted octanol–water partition coefficient (Wildman–Crippen LogP) is 2.96. The number of benzene rings is 1. The molecule has 1 aromatic rings. The molecule has 2 unspecified atom stereocenters. The summed E-state index contributed by atoms with van der Waals surface area (Å²) >= 11 is 0. The van der Waals surface area contributed by atoms with E-state index in [0.29, 0.717) is 6.04 Å². The van der Waals surface area contributed by atoms with Crippen molar-refractivity contribution in [3.63, 3.8) is 0 Å². The van der Waals surface area contributed by atoms with Crippen molar-refractivity contribution in [3.8, 4) is 5.75 Å². The van der Waals surface area contributed by atoms with Crippen molar-refractivity contribution in [1.29, 1.82) is 0 Å². The quantitative estimate of drug-likeness (QED) is 0.886. The molecule has 1 fully saturated rings. The van der Waals surface area contributed by atoms with Gasteiger partial charge in [0.25, 0.3) is 0 Å². The van der Waals surface area contributed by atoms with Crippen LogP contribution in [0.3, 0.4) is 0 Å². The number of rotatable bonds is 5. The number of hydrogen-bond acceptors (Lipinski definition) is 3. The number of ether oxygens (including phenoxy) is 1. The van der Waals surface area contributed by atoms with Gasteiger partial charge < -0.3 is 10.5 Å². The van der Waals surface area contributed by atoms with Crippen LogP contribution in [0.2, 0.25) is 0 Å². The summed E-state index contributed by atoms with van der Waals surface area (Å²) in [6.07, 6.45) is 2.46. The first-order chi connectivity index (χ1) is 9.11. The Morgan fingerprint density at radius 3 is 2.89 bits per heavy atom. The molecule has 19 heavy (non-hydrogen) atoms. The molecule has 2 rings (SSSR count). The van der Waals surface area contributed by atoms with Crippen LogP contribution in [0.5, 0.6) is 5.75 Å². The minimum Gasteiger partial charge on any atom is -0.491 e.